The summed E-state index contributed by atoms with van der Waals surface area (Å²) in [5.74, 6) is 0.905. The van der Waals surface area contributed by atoms with Crippen molar-refractivity contribution in [2.75, 3.05) is 13.7 Å². The second-order valence-corrected chi connectivity index (χ2v) is 6.48. The third kappa shape index (κ3) is 3.84. The molecule has 0 bridgehead atoms. The monoisotopic (exact) mass is 359 g/mol. The lowest BCUT2D eigenvalue weighted by molar-refractivity contribution is 0.419. The first kappa shape index (κ1) is 17.1. The number of ether oxygens (including phenoxy) is 1. The topological polar surface area (TPSA) is 21.3 Å². The summed E-state index contributed by atoms with van der Waals surface area (Å²) in [5, 5.41) is 7.23. The minimum Gasteiger partial charge on any atom is -0.496 e. The summed E-state index contributed by atoms with van der Waals surface area (Å²) in [6, 6.07) is 18.1. The fraction of sp³-hybridized carbons (Fsp3) is 0.200. The van der Waals surface area contributed by atoms with Gasteiger partial charge in [-0.1, -0.05) is 59.6 Å². The van der Waals surface area contributed by atoms with Gasteiger partial charge in [0.15, 0.2) is 0 Å². The van der Waals surface area contributed by atoms with Gasteiger partial charge in [0.25, 0.3) is 0 Å². The van der Waals surface area contributed by atoms with Crippen LogP contribution in [0.4, 0.5) is 0 Å². The number of benzene rings is 3. The molecule has 0 saturated heterocycles. The lowest BCUT2D eigenvalue weighted by Gasteiger charge is -2.12. The number of halogens is 2. The first-order valence-corrected chi connectivity index (χ1v) is 8.64. The largest absolute Gasteiger partial charge is 0.496 e. The van der Waals surface area contributed by atoms with Gasteiger partial charge in [-0.05, 0) is 47.7 Å². The maximum atomic E-state index is 6.21. The predicted octanol–water partition coefficient (Wildman–Crippen LogP) is 5.49. The van der Waals surface area contributed by atoms with E-state index >= 15 is 0 Å². The lowest BCUT2D eigenvalue weighted by atomic mass is 10.0. The molecule has 0 radical (unpaired) electrons. The zero-order valence-corrected chi connectivity index (χ0v) is 15.0. The van der Waals surface area contributed by atoms with Crippen molar-refractivity contribution in [2.45, 2.75) is 13.0 Å². The molecule has 0 atom stereocenters. The van der Waals surface area contributed by atoms with Crippen LogP contribution in [-0.4, -0.2) is 13.7 Å². The molecule has 0 aliphatic carbocycles. The van der Waals surface area contributed by atoms with Crippen molar-refractivity contribution >= 4 is 34.0 Å². The molecule has 0 aliphatic heterocycles. The highest BCUT2D eigenvalue weighted by atomic mass is 35.5. The van der Waals surface area contributed by atoms with Gasteiger partial charge in [-0.25, -0.2) is 0 Å². The van der Waals surface area contributed by atoms with E-state index in [0.717, 1.165) is 41.2 Å². The van der Waals surface area contributed by atoms with Crippen LogP contribution in [-0.2, 0) is 13.0 Å². The highest BCUT2D eigenvalue weighted by Crippen LogP contribution is 2.28. The lowest BCUT2D eigenvalue weighted by Crippen LogP contribution is -2.17. The van der Waals surface area contributed by atoms with Gasteiger partial charge >= 0.3 is 0 Å². The molecular weight excluding hydrogens is 341 g/mol. The van der Waals surface area contributed by atoms with Gasteiger partial charge in [0.1, 0.15) is 5.75 Å². The SMILES string of the molecule is COc1ccc(CNCCc2ccc(Cl)cc2Cl)c2ccccc12. The second-order valence-electron chi connectivity index (χ2n) is 5.64. The maximum Gasteiger partial charge on any atom is 0.126 e. The molecule has 0 heterocycles. The Labute approximate surface area is 152 Å². The molecule has 0 fully saturated rings. The van der Waals surface area contributed by atoms with Crippen molar-refractivity contribution in [3.05, 3.63) is 75.8 Å². The number of nitrogens with one attached hydrogen (secondary N) is 1. The van der Waals surface area contributed by atoms with Crippen molar-refractivity contribution in [1.29, 1.82) is 0 Å². The number of hydrogen-bond acceptors (Lipinski definition) is 2. The molecule has 0 saturated carbocycles. The summed E-state index contributed by atoms with van der Waals surface area (Å²) >= 11 is 12.1. The quantitative estimate of drug-likeness (QED) is 0.587. The highest BCUT2D eigenvalue weighted by molar-refractivity contribution is 6.35. The summed E-state index contributed by atoms with van der Waals surface area (Å²) in [6.45, 7) is 1.65. The van der Waals surface area contributed by atoms with Crippen LogP contribution in [0.1, 0.15) is 11.1 Å². The van der Waals surface area contributed by atoms with E-state index in [1.54, 1.807) is 13.2 Å². The third-order valence-corrected chi connectivity index (χ3v) is 4.68. The Morgan fingerprint density at radius 2 is 1.67 bits per heavy atom. The first-order chi connectivity index (χ1) is 11.7. The van der Waals surface area contributed by atoms with E-state index in [1.165, 1.54) is 10.9 Å². The molecule has 0 spiro atoms. The van der Waals surface area contributed by atoms with Crippen molar-refractivity contribution < 1.29 is 4.74 Å². The number of methoxy groups -OCH3 is 1. The van der Waals surface area contributed by atoms with E-state index in [4.69, 9.17) is 27.9 Å². The Morgan fingerprint density at radius 1 is 0.917 bits per heavy atom. The summed E-state index contributed by atoms with van der Waals surface area (Å²) in [5.41, 5.74) is 2.36. The van der Waals surface area contributed by atoms with Crippen molar-refractivity contribution in [3.63, 3.8) is 0 Å². The van der Waals surface area contributed by atoms with Crippen LogP contribution in [0.25, 0.3) is 10.8 Å². The molecule has 3 aromatic carbocycles. The van der Waals surface area contributed by atoms with Gasteiger partial charge in [0.2, 0.25) is 0 Å². The van der Waals surface area contributed by atoms with Gasteiger partial charge < -0.3 is 10.1 Å². The molecule has 3 aromatic rings. The smallest absolute Gasteiger partial charge is 0.126 e. The molecule has 3 rings (SSSR count). The Balaban J connectivity index is 1.66. The van der Waals surface area contributed by atoms with E-state index < -0.39 is 0 Å². The van der Waals surface area contributed by atoms with Gasteiger partial charge in [-0.2, -0.15) is 0 Å². The van der Waals surface area contributed by atoms with Crippen molar-refractivity contribution in [3.8, 4) is 5.75 Å². The van der Waals surface area contributed by atoms with Gasteiger partial charge in [-0.3, -0.25) is 0 Å². The standard InChI is InChI=1S/C20H19Cl2NO/c1-24-20-9-7-15(17-4-2-3-5-18(17)20)13-23-11-10-14-6-8-16(21)12-19(14)22/h2-9,12,23H,10-11,13H2,1H3. The van der Waals surface area contributed by atoms with E-state index in [2.05, 4.69) is 29.6 Å². The summed E-state index contributed by atoms with van der Waals surface area (Å²) < 4.78 is 5.44. The second kappa shape index (κ2) is 7.89. The predicted molar refractivity (Wildman–Crippen MR) is 102 cm³/mol. The van der Waals surface area contributed by atoms with Crippen LogP contribution in [0, 0.1) is 0 Å². The molecule has 124 valence electrons. The Hall–Kier alpha value is -1.74. The van der Waals surface area contributed by atoms with Crippen LogP contribution in [0.2, 0.25) is 10.0 Å². The summed E-state index contributed by atoms with van der Waals surface area (Å²) in [7, 11) is 1.70. The average Bonchev–Trinajstić information content (AvgIpc) is 2.60. The zero-order valence-electron chi connectivity index (χ0n) is 13.5. The van der Waals surface area contributed by atoms with E-state index in [9.17, 15) is 0 Å². The fourth-order valence-corrected chi connectivity index (χ4v) is 3.34. The molecule has 24 heavy (non-hydrogen) atoms. The van der Waals surface area contributed by atoms with Crippen molar-refractivity contribution in [1.82, 2.24) is 5.32 Å². The normalized spacial score (nSPS) is 11.0. The van der Waals surface area contributed by atoms with E-state index in [1.807, 2.05) is 24.3 Å². The summed E-state index contributed by atoms with van der Waals surface area (Å²) in [4.78, 5) is 0. The molecule has 4 heteroatoms. The number of hydrogen-bond donors (Lipinski definition) is 1. The molecule has 0 aromatic heterocycles. The molecule has 0 unspecified atom stereocenters. The minimum atomic E-state index is 0.668. The molecule has 2 nitrogen and oxygen atoms in total. The van der Waals surface area contributed by atoms with Crippen LogP contribution in [0.15, 0.2) is 54.6 Å². The number of rotatable bonds is 6. The van der Waals surface area contributed by atoms with Crippen LogP contribution in [0.5, 0.6) is 5.75 Å². The van der Waals surface area contributed by atoms with Crippen LogP contribution in [0.3, 0.4) is 0 Å². The Bertz CT molecular complexity index is 848. The number of fused-ring (bicyclic) bond motifs is 1. The van der Waals surface area contributed by atoms with Gasteiger partial charge in [0, 0.05) is 22.0 Å². The Morgan fingerprint density at radius 3 is 2.42 bits per heavy atom. The van der Waals surface area contributed by atoms with Gasteiger partial charge in [-0.15, -0.1) is 0 Å². The first-order valence-electron chi connectivity index (χ1n) is 7.88. The van der Waals surface area contributed by atoms with Gasteiger partial charge in [0.05, 0.1) is 7.11 Å². The molecule has 1 N–H and O–H groups in total. The molecule has 0 amide bonds. The van der Waals surface area contributed by atoms with Crippen LogP contribution < -0.4 is 10.1 Å². The zero-order chi connectivity index (χ0) is 16.9. The highest BCUT2D eigenvalue weighted by Gasteiger charge is 2.06. The Kier molecular flexibility index (Phi) is 5.62. The van der Waals surface area contributed by atoms with E-state index in [-0.39, 0.29) is 0 Å². The molecule has 0 aliphatic rings. The molecular formula is C20H19Cl2NO. The maximum absolute atomic E-state index is 6.21. The van der Waals surface area contributed by atoms with Crippen molar-refractivity contribution in [2.24, 2.45) is 0 Å². The average molecular weight is 360 g/mol. The van der Waals surface area contributed by atoms with Crippen LogP contribution >= 0.6 is 23.2 Å². The third-order valence-electron chi connectivity index (χ3n) is 4.10. The summed E-state index contributed by atoms with van der Waals surface area (Å²) in [6.07, 6.45) is 0.865. The minimum absolute atomic E-state index is 0.668. The fourth-order valence-electron chi connectivity index (χ4n) is 2.84. The van der Waals surface area contributed by atoms with E-state index in [0.29, 0.717) is 5.02 Å².